The predicted octanol–water partition coefficient (Wildman–Crippen LogP) is 2.22. The molecule has 1 saturated carbocycles. The van der Waals surface area contributed by atoms with Gasteiger partial charge in [-0.3, -0.25) is 14.7 Å². The number of aromatic nitrogens is 1. The minimum atomic E-state index is 0.331. The molecular weight excluding hydrogens is 262 g/mol. The van der Waals surface area contributed by atoms with Crippen molar-refractivity contribution in [3.8, 4) is 0 Å². The third-order valence-corrected chi connectivity index (χ3v) is 4.86. The van der Waals surface area contributed by atoms with E-state index in [9.17, 15) is 4.79 Å². The Bertz CT molecular complexity index is 499. The molecule has 3 rings (SSSR count). The molecule has 0 aromatic carbocycles. The summed E-state index contributed by atoms with van der Waals surface area (Å²) in [6.07, 6.45) is 6.37. The lowest BCUT2D eigenvalue weighted by Crippen LogP contribution is -2.41. The maximum atomic E-state index is 12.3. The Hall–Kier alpha value is -1.42. The summed E-state index contributed by atoms with van der Waals surface area (Å²) in [6, 6.07) is 4.16. The van der Waals surface area contributed by atoms with Gasteiger partial charge in [0.25, 0.3) is 0 Å². The van der Waals surface area contributed by atoms with Gasteiger partial charge in [-0.2, -0.15) is 0 Å². The van der Waals surface area contributed by atoms with Crippen molar-refractivity contribution in [3.05, 3.63) is 29.6 Å². The number of nitrogens with zero attached hydrogens (tertiary/aromatic N) is 3. The van der Waals surface area contributed by atoms with E-state index < -0.39 is 0 Å². The van der Waals surface area contributed by atoms with Crippen molar-refractivity contribution in [2.24, 2.45) is 5.92 Å². The number of carbonyl (C=O) groups is 1. The average Bonchev–Trinajstić information content (AvgIpc) is 2.65. The molecule has 0 unspecified atom stereocenters. The summed E-state index contributed by atoms with van der Waals surface area (Å²) in [5.74, 6) is 0.734. The molecule has 1 amide bonds. The molecule has 1 aliphatic heterocycles. The van der Waals surface area contributed by atoms with Gasteiger partial charge in [-0.25, -0.2) is 0 Å². The second-order valence-corrected chi connectivity index (χ2v) is 6.33. The Labute approximate surface area is 127 Å². The van der Waals surface area contributed by atoms with Crippen LogP contribution in [0.4, 0.5) is 0 Å². The number of amides is 1. The van der Waals surface area contributed by atoms with Gasteiger partial charge in [0.15, 0.2) is 0 Å². The monoisotopic (exact) mass is 287 g/mol. The molecule has 0 N–H and O–H groups in total. The average molecular weight is 287 g/mol. The van der Waals surface area contributed by atoms with Crippen molar-refractivity contribution >= 4 is 5.91 Å². The van der Waals surface area contributed by atoms with E-state index in [-0.39, 0.29) is 0 Å². The Morgan fingerprint density at radius 1 is 1.24 bits per heavy atom. The summed E-state index contributed by atoms with van der Waals surface area (Å²) < 4.78 is 0. The summed E-state index contributed by atoms with van der Waals surface area (Å²) in [5, 5.41) is 0. The van der Waals surface area contributed by atoms with Crippen LogP contribution in [0, 0.1) is 12.8 Å². The lowest BCUT2D eigenvalue weighted by Gasteiger charge is -2.31. The van der Waals surface area contributed by atoms with Crippen LogP contribution in [0.5, 0.6) is 0 Å². The molecule has 114 valence electrons. The van der Waals surface area contributed by atoms with Gasteiger partial charge in [-0.15, -0.1) is 0 Å². The van der Waals surface area contributed by atoms with Gasteiger partial charge < -0.3 is 4.90 Å². The van der Waals surface area contributed by atoms with Crippen LogP contribution in [0.3, 0.4) is 0 Å². The topological polar surface area (TPSA) is 36.4 Å². The van der Waals surface area contributed by atoms with Crippen molar-refractivity contribution in [2.45, 2.75) is 39.2 Å². The molecule has 4 heteroatoms. The normalized spacial score (nSPS) is 20.9. The van der Waals surface area contributed by atoms with E-state index in [2.05, 4.69) is 27.8 Å². The number of pyridine rings is 1. The van der Waals surface area contributed by atoms with E-state index in [1.54, 1.807) is 0 Å². The van der Waals surface area contributed by atoms with E-state index >= 15 is 0 Å². The Morgan fingerprint density at radius 3 is 2.81 bits per heavy atom. The second-order valence-electron chi connectivity index (χ2n) is 6.33. The van der Waals surface area contributed by atoms with Gasteiger partial charge >= 0.3 is 0 Å². The molecule has 1 aromatic heterocycles. The maximum Gasteiger partial charge on any atom is 0.225 e. The summed E-state index contributed by atoms with van der Waals surface area (Å²) in [4.78, 5) is 21.3. The minimum Gasteiger partial charge on any atom is -0.341 e. The van der Waals surface area contributed by atoms with Crippen molar-refractivity contribution in [3.63, 3.8) is 0 Å². The van der Waals surface area contributed by atoms with Crippen molar-refractivity contribution in [1.29, 1.82) is 0 Å². The zero-order valence-corrected chi connectivity index (χ0v) is 12.9. The lowest BCUT2D eigenvalue weighted by molar-refractivity contribution is -0.138. The summed E-state index contributed by atoms with van der Waals surface area (Å²) in [5.41, 5.74) is 2.42. The highest BCUT2D eigenvalue weighted by atomic mass is 16.2. The van der Waals surface area contributed by atoms with Crippen LogP contribution in [0.25, 0.3) is 0 Å². The lowest BCUT2D eigenvalue weighted by atomic mass is 9.84. The predicted molar refractivity (Wildman–Crippen MR) is 82.8 cm³/mol. The molecule has 0 radical (unpaired) electrons. The SMILES string of the molecule is Cc1ncccc1CN1CCCN(C(=O)C2CCC2)CC1. The van der Waals surface area contributed by atoms with E-state index in [0.717, 1.165) is 57.7 Å². The second kappa shape index (κ2) is 6.56. The molecular formula is C17H25N3O. The van der Waals surface area contributed by atoms with Crippen LogP contribution in [0.1, 0.15) is 36.9 Å². The van der Waals surface area contributed by atoms with Crippen molar-refractivity contribution in [1.82, 2.24) is 14.8 Å². The van der Waals surface area contributed by atoms with Gasteiger partial charge in [0.2, 0.25) is 5.91 Å². The number of carbonyl (C=O) groups excluding carboxylic acids is 1. The van der Waals surface area contributed by atoms with Gasteiger partial charge in [-0.05, 0) is 37.8 Å². The third kappa shape index (κ3) is 3.43. The maximum absolute atomic E-state index is 12.3. The molecule has 1 aliphatic carbocycles. The summed E-state index contributed by atoms with van der Waals surface area (Å²) in [6.45, 7) is 6.88. The van der Waals surface area contributed by atoms with Gasteiger partial charge in [0.05, 0.1) is 0 Å². The first kappa shape index (κ1) is 14.5. The van der Waals surface area contributed by atoms with Gasteiger partial charge in [-0.1, -0.05) is 12.5 Å². The number of rotatable bonds is 3. The molecule has 0 atom stereocenters. The first-order valence-electron chi connectivity index (χ1n) is 8.15. The fraction of sp³-hybridized carbons (Fsp3) is 0.647. The number of aryl methyl sites for hydroxylation is 1. The van der Waals surface area contributed by atoms with Crippen molar-refractivity contribution < 1.29 is 4.79 Å². The molecule has 2 aliphatic rings. The summed E-state index contributed by atoms with van der Waals surface area (Å²) in [7, 11) is 0. The smallest absolute Gasteiger partial charge is 0.225 e. The standard InChI is InChI=1S/C17H25N3O/c1-14-16(7-3-8-18-14)13-19-9-4-10-20(12-11-19)17(21)15-5-2-6-15/h3,7-8,15H,2,4-6,9-13H2,1H3. The zero-order valence-electron chi connectivity index (χ0n) is 12.9. The molecule has 1 aromatic rings. The molecule has 1 saturated heterocycles. The molecule has 0 bridgehead atoms. The molecule has 21 heavy (non-hydrogen) atoms. The third-order valence-electron chi connectivity index (χ3n) is 4.86. The van der Waals surface area contributed by atoms with E-state index in [1.807, 2.05) is 12.3 Å². The highest BCUT2D eigenvalue weighted by molar-refractivity contribution is 5.79. The quantitative estimate of drug-likeness (QED) is 0.855. The largest absolute Gasteiger partial charge is 0.341 e. The fourth-order valence-corrected chi connectivity index (χ4v) is 3.19. The highest BCUT2D eigenvalue weighted by Crippen LogP contribution is 2.28. The first-order valence-corrected chi connectivity index (χ1v) is 8.15. The first-order chi connectivity index (χ1) is 10.2. The Kier molecular flexibility index (Phi) is 4.54. The summed E-state index contributed by atoms with van der Waals surface area (Å²) >= 11 is 0. The van der Waals surface area contributed by atoms with Crippen LogP contribution >= 0.6 is 0 Å². The fourth-order valence-electron chi connectivity index (χ4n) is 3.19. The molecule has 4 nitrogen and oxygen atoms in total. The van der Waals surface area contributed by atoms with Crippen LogP contribution in [0.15, 0.2) is 18.3 Å². The zero-order chi connectivity index (χ0) is 14.7. The van der Waals surface area contributed by atoms with Gasteiger partial charge in [0, 0.05) is 50.5 Å². The van der Waals surface area contributed by atoms with E-state index in [0.29, 0.717) is 11.8 Å². The van der Waals surface area contributed by atoms with E-state index in [1.165, 1.54) is 12.0 Å². The number of hydrogen-bond acceptors (Lipinski definition) is 3. The highest BCUT2D eigenvalue weighted by Gasteiger charge is 2.30. The van der Waals surface area contributed by atoms with Crippen LogP contribution in [-0.2, 0) is 11.3 Å². The minimum absolute atomic E-state index is 0.331. The van der Waals surface area contributed by atoms with Crippen LogP contribution < -0.4 is 0 Å². The van der Waals surface area contributed by atoms with Crippen molar-refractivity contribution in [2.75, 3.05) is 26.2 Å². The molecule has 0 spiro atoms. The Morgan fingerprint density at radius 2 is 2.10 bits per heavy atom. The molecule has 2 fully saturated rings. The Balaban J connectivity index is 1.55. The molecule has 2 heterocycles. The van der Waals surface area contributed by atoms with Crippen LogP contribution in [0.2, 0.25) is 0 Å². The number of hydrogen-bond donors (Lipinski definition) is 0. The van der Waals surface area contributed by atoms with Gasteiger partial charge in [0.1, 0.15) is 0 Å². The van der Waals surface area contributed by atoms with E-state index in [4.69, 9.17) is 0 Å². The van der Waals surface area contributed by atoms with Crippen LogP contribution in [-0.4, -0.2) is 46.9 Å².